The number of thiophene rings is 2. The lowest BCUT2D eigenvalue weighted by Crippen LogP contribution is -2.17. The van der Waals surface area contributed by atoms with E-state index in [4.69, 9.17) is 4.74 Å². The normalized spacial score (nSPS) is 10.7. The van der Waals surface area contributed by atoms with Gasteiger partial charge in [0.05, 0.1) is 20.2 Å². The number of nitrogens with zero attached hydrogens (tertiary/aromatic N) is 3. The Bertz CT molecular complexity index is 1060. The number of rotatable bonds is 8. The fourth-order valence-electron chi connectivity index (χ4n) is 2.66. The zero-order chi connectivity index (χ0) is 20.1. The molecule has 7 nitrogen and oxygen atoms in total. The van der Waals surface area contributed by atoms with Crippen molar-refractivity contribution in [2.75, 3.05) is 17.7 Å². The van der Waals surface area contributed by atoms with Crippen LogP contribution in [-0.2, 0) is 13.1 Å². The van der Waals surface area contributed by atoms with Gasteiger partial charge < -0.3 is 15.4 Å². The lowest BCUT2D eigenvalue weighted by Gasteiger charge is -2.07. The second-order valence-electron chi connectivity index (χ2n) is 6.07. The van der Waals surface area contributed by atoms with Gasteiger partial charge >= 0.3 is 0 Å². The molecule has 0 bridgehead atoms. The molecular weight excluding hydrogens is 406 g/mol. The molecule has 0 aliphatic heterocycles. The molecule has 0 amide bonds. The van der Waals surface area contributed by atoms with E-state index in [1.165, 1.54) is 4.68 Å². The molecule has 1 aromatic carbocycles. The van der Waals surface area contributed by atoms with Gasteiger partial charge in [-0.15, -0.1) is 27.8 Å². The van der Waals surface area contributed by atoms with Crippen molar-refractivity contribution in [3.05, 3.63) is 74.6 Å². The van der Waals surface area contributed by atoms with Gasteiger partial charge in [0.2, 0.25) is 11.9 Å². The first kappa shape index (κ1) is 19.2. The Balaban J connectivity index is 1.56. The van der Waals surface area contributed by atoms with E-state index in [-0.39, 0.29) is 5.91 Å². The van der Waals surface area contributed by atoms with Crippen LogP contribution in [-0.4, -0.2) is 27.8 Å². The first-order valence-electron chi connectivity index (χ1n) is 8.91. The van der Waals surface area contributed by atoms with E-state index < -0.39 is 0 Å². The second kappa shape index (κ2) is 8.89. The molecule has 148 valence electrons. The SMILES string of the molecule is COc1ccc(C(=O)n2nc(NCc3cccs3)nc2NCc2cccs2)cc1. The van der Waals surface area contributed by atoms with E-state index in [0.717, 1.165) is 9.75 Å². The van der Waals surface area contributed by atoms with Crippen LogP contribution in [0.4, 0.5) is 11.9 Å². The average molecular weight is 426 g/mol. The summed E-state index contributed by atoms with van der Waals surface area (Å²) in [5, 5.41) is 14.8. The monoisotopic (exact) mass is 425 g/mol. The molecule has 0 radical (unpaired) electrons. The van der Waals surface area contributed by atoms with Gasteiger partial charge in [0.25, 0.3) is 5.91 Å². The molecule has 4 rings (SSSR count). The summed E-state index contributed by atoms with van der Waals surface area (Å²) in [6.45, 7) is 1.17. The maximum absolute atomic E-state index is 13.0. The lowest BCUT2D eigenvalue weighted by molar-refractivity contribution is 0.0947. The maximum atomic E-state index is 13.0. The number of carbonyl (C=O) groups is 1. The van der Waals surface area contributed by atoms with E-state index in [9.17, 15) is 4.79 Å². The molecule has 0 saturated heterocycles. The predicted octanol–water partition coefficient (Wildman–Crippen LogP) is 4.32. The zero-order valence-corrected chi connectivity index (χ0v) is 17.3. The van der Waals surface area contributed by atoms with Crippen LogP contribution < -0.4 is 15.4 Å². The Hall–Kier alpha value is -3.17. The summed E-state index contributed by atoms with van der Waals surface area (Å²) in [6, 6.07) is 15.0. The van der Waals surface area contributed by atoms with Crippen LogP contribution in [0.1, 0.15) is 20.1 Å². The average Bonchev–Trinajstić information content (AvgIpc) is 3.52. The number of hydrogen-bond acceptors (Lipinski definition) is 8. The van der Waals surface area contributed by atoms with E-state index in [1.54, 1.807) is 54.0 Å². The molecule has 9 heteroatoms. The van der Waals surface area contributed by atoms with Gasteiger partial charge in [-0.1, -0.05) is 12.1 Å². The number of methoxy groups -OCH3 is 1. The van der Waals surface area contributed by atoms with Gasteiger partial charge in [0.1, 0.15) is 5.75 Å². The third-order valence-electron chi connectivity index (χ3n) is 4.14. The maximum Gasteiger partial charge on any atom is 0.281 e. The number of hydrogen-bond donors (Lipinski definition) is 2. The Kier molecular flexibility index (Phi) is 5.87. The molecule has 0 unspecified atom stereocenters. The number of benzene rings is 1. The van der Waals surface area contributed by atoms with Gasteiger partial charge in [-0.2, -0.15) is 9.67 Å². The number of anilines is 2. The van der Waals surface area contributed by atoms with Crippen molar-refractivity contribution in [1.82, 2.24) is 14.8 Å². The molecule has 0 aliphatic rings. The third-order valence-corrected chi connectivity index (χ3v) is 5.89. The Morgan fingerprint density at radius 3 is 2.24 bits per heavy atom. The molecule has 3 heterocycles. The topological polar surface area (TPSA) is 81.1 Å². The summed E-state index contributed by atoms with van der Waals surface area (Å²) in [5.41, 5.74) is 0.500. The quantitative estimate of drug-likeness (QED) is 0.438. The summed E-state index contributed by atoms with van der Waals surface area (Å²) in [6.07, 6.45) is 0. The Labute approximate surface area is 176 Å². The second-order valence-corrected chi connectivity index (χ2v) is 8.13. The van der Waals surface area contributed by atoms with Crippen molar-refractivity contribution in [2.45, 2.75) is 13.1 Å². The fraction of sp³-hybridized carbons (Fsp3) is 0.150. The molecule has 0 saturated carbocycles. The predicted molar refractivity (Wildman–Crippen MR) is 116 cm³/mol. The van der Waals surface area contributed by atoms with Crippen LogP contribution in [0.5, 0.6) is 5.75 Å². The Morgan fingerprint density at radius 1 is 1.00 bits per heavy atom. The molecule has 0 aliphatic carbocycles. The Morgan fingerprint density at radius 2 is 1.66 bits per heavy atom. The van der Waals surface area contributed by atoms with Crippen molar-refractivity contribution in [2.24, 2.45) is 0 Å². The van der Waals surface area contributed by atoms with E-state index >= 15 is 0 Å². The van der Waals surface area contributed by atoms with Crippen molar-refractivity contribution < 1.29 is 9.53 Å². The molecule has 29 heavy (non-hydrogen) atoms. The van der Waals surface area contributed by atoms with E-state index in [1.807, 2.05) is 35.0 Å². The van der Waals surface area contributed by atoms with Gasteiger partial charge in [-0.3, -0.25) is 4.79 Å². The highest BCUT2D eigenvalue weighted by Crippen LogP contribution is 2.18. The summed E-state index contributed by atoms with van der Waals surface area (Å²) < 4.78 is 6.46. The molecule has 2 N–H and O–H groups in total. The highest BCUT2D eigenvalue weighted by molar-refractivity contribution is 7.10. The van der Waals surface area contributed by atoms with Crippen LogP contribution in [0, 0.1) is 0 Å². The number of carbonyl (C=O) groups excluding carboxylic acids is 1. The summed E-state index contributed by atoms with van der Waals surface area (Å²) in [4.78, 5) is 19.8. The van der Waals surface area contributed by atoms with Gasteiger partial charge in [0.15, 0.2) is 0 Å². The van der Waals surface area contributed by atoms with E-state index in [2.05, 4.69) is 20.7 Å². The van der Waals surface area contributed by atoms with Gasteiger partial charge in [-0.05, 0) is 47.2 Å². The first-order chi connectivity index (χ1) is 14.2. The zero-order valence-electron chi connectivity index (χ0n) is 15.7. The van der Waals surface area contributed by atoms with Crippen molar-refractivity contribution in [1.29, 1.82) is 0 Å². The minimum Gasteiger partial charge on any atom is -0.497 e. The number of nitrogens with one attached hydrogen (secondary N) is 2. The lowest BCUT2D eigenvalue weighted by atomic mass is 10.2. The number of aromatic nitrogens is 3. The molecule has 0 atom stereocenters. The van der Waals surface area contributed by atoms with Crippen LogP contribution in [0.15, 0.2) is 59.3 Å². The highest BCUT2D eigenvalue weighted by Gasteiger charge is 2.18. The van der Waals surface area contributed by atoms with Crippen molar-refractivity contribution in [3.8, 4) is 5.75 Å². The van der Waals surface area contributed by atoms with Crippen LogP contribution in [0.25, 0.3) is 0 Å². The molecule has 3 aromatic heterocycles. The molecule has 0 fully saturated rings. The highest BCUT2D eigenvalue weighted by atomic mass is 32.1. The molecule has 0 spiro atoms. The fourth-order valence-corrected chi connectivity index (χ4v) is 3.95. The molecule has 4 aromatic rings. The van der Waals surface area contributed by atoms with E-state index in [0.29, 0.717) is 36.3 Å². The molecular formula is C20H19N5O2S2. The van der Waals surface area contributed by atoms with Gasteiger partial charge in [0, 0.05) is 15.3 Å². The first-order valence-corrected chi connectivity index (χ1v) is 10.7. The van der Waals surface area contributed by atoms with Crippen LogP contribution in [0.3, 0.4) is 0 Å². The minimum atomic E-state index is -0.266. The number of ether oxygens (including phenoxy) is 1. The summed E-state index contributed by atoms with van der Waals surface area (Å²) in [5.74, 6) is 1.22. The van der Waals surface area contributed by atoms with Crippen LogP contribution in [0.2, 0.25) is 0 Å². The largest absolute Gasteiger partial charge is 0.497 e. The van der Waals surface area contributed by atoms with Gasteiger partial charge in [-0.25, -0.2) is 0 Å². The third kappa shape index (κ3) is 4.64. The standard InChI is InChI=1S/C20H19N5O2S2/c1-27-15-8-6-14(7-9-15)18(26)25-20(22-13-17-5-3-11-29-17)23-19(24-25)21-12-16-4-2-10-28-16/h2-11H,12-13H2,1H3,(H2,21,22,23,24). The van der Waals surface area contributed by atoms with Crippen molar-refractivity contribution in [3.63, 3.8) is 0 Å². The smallest absolute Gasteiger partial charge is 0.281 e. The summed E-state index contributed by atoms with van der Waals surface area (Å²) in [7, 11) is 1.59. The van der Waals surface area contributed by atoms with Crippen molar-refractivity contribution >= 4 is 40.5 Å². The van der Waals surface area contributed by atoms with Crippen LogP contribution >= 0.6 is 22.7 Å². The summed E-state index contributed by atoms with van der Waals surface area (Å²) >= 11 is 3.29. The minimum absolute atomic E-state index is 0.266.